The minimum absolute atomic E-state index is 0.0569. The van der Waals surface area contributed by atoms with Crippen molar-refractivity contribution < 1.29 is 31.1 Å². The van der Waals surface area contributed by atoms with Crippen LogP contribution in [0, 0.1) is 0 Å². The van der Waals surface area contributed by atoms with Crippen LogP contribution in [0.4, 0.5) is 32.3 Å². The molecule has 3 aromatic rings. The summed E-state index contributed by atoms with van der Waals surface area (Å²) < 4.78 is 79.5. The van der Waals surface area contributed by atoms with E-state index in [4.69, 9.17) is 0 Å². The number of halogens is 6. The molecule has 1 fully saturated rings. The maximum atomic E-state index is 13.7. The van der Waals surface area contributed by atoms with Gasteiger partial charge in [-0.15, -0.1) is 0 Å². The minimum Gasteiger partial charge on any atom is -0.344 e. The molecule has 4 rings (SSSR count). The molecule has 1 unspecified atom stereocenters. The van der Waals surface area contributed by atoms with Crippen molar-refractivity contribution in [2.24, 2.45) is 0 Å². The Morgan fingerprint density at radius 2 is 1.44 bits per heavy atom. The van der Waals surface area contributed by atoms with Crippen molar-refractivity contribution in [2.45, 2.75) is 24.8 Å². The van der Waals surface area contributed by atoms with Crippen LogP contribution < -0.4 is 4.90 Å². The lowest BCUT2D eigenvalue weighted by Crippen LogP contribution is -2.51. The molecule has 1 aromatic heterocycles. The highest BCUT2D eigenvalue weighted by Gasteiger charge is 2.37. The Morgan fingerprint density at radius 1 is 0.872 bits per heavy atom. The molecule has 208 valence electrons. The van der Waals surface area contributed by atoms with Crippen molar-refractivity contribution in [1.82, 2.24) is 19.8 Å². The predicted molar refractivity (Wildman–Crippen MR) is 133 cm³/mol. The first-order chi connectivity index (χ1) is 18.4. The number of benzene rings is 2. The van der Waals surface area contributed by atoms with Gasteiger partial charge in [0.05, 0.1) is 11.1 Å². The zero-order chi connectivity index (χ0) is 28.2. The quantitative estimate of drug-likeness (QED) is 0.384. The normalized spacial score (nSPS) is 15.7. The Bertz CT molecular complexity index is 1210. The highest BCUT2D eigenvalue weighted by molar-refractivity contribution is 5.83. The molecule has 1 amide bonds. The summed E-state index contributed by atoms with van der Waals surface area (Å²) in [5.41, 5.74) is -2.14. The zero-order valence-corrected chi connectivity index (χ0v) is 21.1. The molecule has 0 aliphatic carbocycles. The third-order valence-corrected chi connectivity index (χ3v) is 6.62. The third kappa shape index (κ3) is 7.05. The van der Waals surface area contributed by atoms with Crippen molar-refractivity contribution in [1.29, 1.82) is 0 Å². The second-order valence-corrected chi connectivity index (χ2v) is 9.31. The van der Waals surface area contributed by atoms with E-state index in [9.17, 15) is 31.1 Å². The maximum absolute atomic E-state index is 13.7. The van der Waals surface area contributed by atoms with E-state index in [2.05, 4.69) is 9.97 Å². The summed E-state index contributed by atoms with van der Waals surface area (Å²) in [5.74, 6) is 0.296. The van der Waals surface area contributed by atoms with Crippen LogP contribution in [-0.2, 0) is 23.6 Å². The van der Waals surface area contributed by atoms with Gasteiger partial charge in [-0.3, -0.25) is 9.69 Å². The maximum Gasteiger partial charge on any atom is 0.416 e. The molecule has 1 atom stereocenters. The standard InChI is InChI=1S/C27H27F6N5O/c1-36(11-8-19-16-21(26(28,29)30)18-22(17-19)27(31,32)33)24(39)23(20-6-3-2-4-7-20)37-12-14-38(15-13-37)25-34-9-5-10-35-25/h2-7,9-10,16-18,23H,8,11-15H2,1H3. The van der Waals surface area contributed by atoms with Crippen LogP contribution in [-0.4, -0.2) is 65.4 Å². The number of carbonyl (C=O) groups is 1. The molecule has 0 radical (unpaired) electrons. The van der Waals surface area contributed by atoms with Gasteiger partial charge in [0.25, 0.3) is 0 Å². The average molecular weight is 552 g/mol. The van der Waals surface area contributed by atoms with Crippen molar-refractivity contribution in [3.05, 3.63) is 89.2 Å². The fraction of sp³-hybridized carbons (Fsp3) is 0.370. The van der Waals surface area contributed by atoms with Gasteiger partial charge in [-0.2, -0.15) is 26.3 Å². The summed E-state index contributed by atoms with van der Waals surface area (Å²) in [5, 5.41) is 0. The molecule has 0 N–H and O–H groups in total. The molecular weight excluding hydrogens is 524 g/mol. The smallest absolute Gasteiger partial charge is 0.344 e. The van der Waals surface area contributed by atoms with Crippen LogP contribution in [0.3, 0.4) is 0 Å². The molecule has 2 heterocycles. The van der Waals surface area contributed by atoms with Crippen molar-refractivity contribution >= 4 is 11.9 Å². The summed E-state index contributed by atoms with van der Waals surface area (Å²) in [7, 11) is 1.50. The zero-order valence-electron chi connectivity index (χ0n) is 21.1. The van der Waals surface area contributed by atoms with Gasteiger partial charge in [0.1, 0.15) is 6.04 Å². The lowest BCUT2D eigenvalue weighted by molar-refractivity contribution is -0.143. The summed E-state index contributed by atoms with van der Waals surface area (Å²) in [4.78, 5) is 27.6. The summed E-state index contributed by atoms with van der Waals surface area (Å²) >= 11 is 0. The van der Waals surface area contributed by atoms with Crippen molar-refractivity contribution in [3.8, 4) is 0 Å². The van der Waals surface area contributed by atoms with Crippen LogP contribution in [0.2, 0.25) is 0 Å². The number of alkyl halides is 6. The van der Waals surface area contributed by atoms with E-state index in [1.807, 2.05) is 40.1 Å². The number of piperazine rings is 1. The molecule has 0 spiro atoms. The number of likely N-dealkylation sites (N-methyl/N-ethyl adjacent to an activating group) is 1. The van der Waals surface area contributed by atoms with E-state index in [1.165, 1.54) is 11.9 Å². The molecule has 1 aliphatic rings. The van der Waals surface area contributed by atoms with E-state index in [-0.39, 0.29) is 30.5 Å². The fourth-order valence-corrected chi connectivity index (χ4v) is 4.56. The number of rotatable bonds is 7. The van der Waals surface area contributed by atoms with E-state index in [1.54, 1.807) is 18.5 Å². The second kappa shape index (κ2) is 11.6. The molecule has 6 nitrogen and oxygen atoms in total. The van der Waals surface area contributed by atoms with Gasteiger partial charge in [0.2, 0.25) is 11.9 Å². The van der Waals surface area contributed by atoms with Crippen LogP contribution in [0.1, 0.15) is 28.3 Å². The topological polar surface area (TPSA) is 52.6 Å². The predicted octanol–water partition coefficient (Wildman–Crippen LogP) is 5.08. The van der Waals surface area contributed by atoms with E-state index in [0.717, 1.165) is 5.56 Å². The fourth-order valence-electron chi connectivity index (χ4n) is 4.56. The van der Waals surface area contributed by atoms with Crippen molar-refractivity contribution in [2.75, 3.05) is 44.7 Å². The Balaban J connectivity index is 1.50. The molecule has 0 bridgehead atoms. The number of amides is 1. The van der Waals surface area contributed by atoms with Gasteiger partial charge < -0.3 is 9.80 Å². The highest BCUT2D eigenvalue weighted by atomic mass is 19.4. The van der Waals surface area contributed by atoms with E-state index < -0.39 is 29.5 Å². The first-order valence-corrected chi connectivity index (χ1v) is 12.3. The average Bonchev–Trinajstić information content (AvgIpc) is 2.92. The van der Waals surface area contributed by atoms with Crippen LogP contribution in [0.15, 0.2) is 67.0 Å². The van der Waals surface area contributed by atoms with Crippen LogP contribution in [0.25, 0.3) is 0 Å². The minimum atomic E-state index is -4.93. The number of aromatic nitrogens is 2. The number of carbonyl (C=O) groups excluding carboxylic acids is 1. The largest absolute Gasteiger partial charge is 0.416 e. The van der Waals surface area contributed by atoms with E-state index >= 15 is 0 Å². The van der Waals surface area contributed by atoms with Gasteiger partial charge >= 0.3 is 12.4 Å². The van der Waals surface area contributed by atoms with Gasteiger partial charge in [-0.25, -0.2) is 9.97 Å². The number of anilines is 1. The monoisotopic (exact) mass is 551 g/mol. The summed E-state index contributed by atoms with van der Waals surface area (Å²) in [6.07, 6.45) is -6.72. The number of hydrogen-bond donors (Lipinski definition) is 0. The van der Waals surface area contributed by atoms with Gasteiger partial charge in [-0.1, -0.05) is 30.3 Å². The first kappa shape index (κ1) is 28.3. The molecule has 1 aliphatic heterocycles. The van der Waals surface area contributed by atoms with Crippen molar-refractivity contribution in [3.63, 3.8) is 0 Å². The van der Waals surface area contributed by atoms with Crippen LogP contribution >= 0.6 is 0 Å². The molecule has 1 saturated heterocycles. The molecule has 12 heteroatoms. The lowest BCUT2D eigenvalue weighted by Gasteiger charge is -2.40. The Hall–Kier alpha value is -3.67. The van der Waals surface area contributed by atoms with Crippen LogP contribution in [0.5, 0.6) is 0 Å². The Kier molecular flexibility index (Phi) is 8.43. The van der Waals surface area contributed by atoms with E-state index in [0.29, 0.717) is 44.3 Å². The molecular formula is C27H27F6N5O. The summed E-state index contributed by atoms with van der Waals surface area (Å²) in [6, 6.07) is 11.7. The Morgan fingerprint density at radius 3 is 1.97 bits per heavy atom. The van der Waals surface area contributed by atoms with Gasteiger partial charge in [0.15, 0.2) is 0 Å². The van der Waals surface area contributed by atoms with Gasteiger partial charge in [0, 0.05) is 52.2 Å². The first-order valence-electron chi connectivity index (χ1n) is 12.3. The lowest BCUT2D eigenvalue weighted by atomic mass is 10.0. The third-order valence-electron chi connectivity index (χ3n) is 6.62. The number of hydrogen-bond acceptors (Lipinski definition) is 5. The molecule has 39 heavy (non-hydrogen) atoms. The number of nitrogens with zero attached hydrogens (tertiary/aromatic N) is 5. The van der Waals surface area contributed by atoms with Gasteiger partial charge in [-0.05, 0) is 41.8 Å². The highest BCUT2D eigenvalue weighted by Crippen LogP contribution is 2.36. The Labute approximate surface area is 221 Å². The molecule has 0 saturated carbocycles. The second-order valence-electron chi connectivity index (χ2n) is 9.31. The summed E-state index contributed by atoms with van der Waals surface area (Å²) in [6.45, 7) is 2.15. The molecule has 2 aromatic carbocycles. The SMILES string of the molecule is CN(CCc1cc(C(F)(F)F)cc(C(F)(F)F)c1)C(=O)C(c1ccccc1)N1CCN(c2ncccn2)CC1.